The molecule has 0 bridgehead atoms. The second-order valence-corrected chi connectivity index (χ2v) is 30.7. The minimum absolute atomic E-state index is 0. The Morgan fingerprint density at radius 2 is 0.786 bits per heavy atom. The molecule has 0 saturated carbocycles. The summed E-state index contributed by atoms with van der Waals surface area (Å²) in [6, 6.07) is 20.5. The lowest BCUT2D eigenvalue weighted by molar-refractivity contribution is 0.0587. The third-order valence-corrected chi connectivity index (χ3v) is 14.0. The second kappa shape index (κ2) is 33.8. The number of fused-ring (bicyclic) bond motifs is 5. The molecule has 5 aromatic carbocycles. The number of hydrogen-bond acceptors (Lipinski definition) is 12. The van der Waals surface area contributed by atoms with Crippen LogP contribution in [0.1, 0.15) is 147 Å². The number of carbonyl (C=O) groups excluding carboxylic acids is 1. The highest BCUT2D eigenvalue weighted by Gasteiger charge is 2.37. The van der Waals surface area contributed by atoms with Gasteiger partial charge in [-0.15, -0.1) is 11.6 Å². The molecular weight excluding hydrogens is 1630 g/mol. The molecular formula is C57H65Br6Cl5O14S2. The smallest absolute Gasteiger partial charge is 0.341 e. The van der Waals surface area contributed by atoms with Gasteiger partial charge in [-0.1, -0.05) is 83.3 Å². The highest BCUT2D eigenvalue weighted by Crippen LogP contribution is 2.44. The molecule has 0 unspecified atom stereocenters. The first kappa shape index (κ1) is 78.2. The van der Waals surface area contributed by atoms with Gasteiger partial charge < -0.3 is 43.7 Å². The van der Waals surface area contributed by atoms with Gasteiger partial charge in [-0.3, -0.25) is 0 Å². The summed E-state index contributed by atoms with van der Waals surface area (Å²) < 4.78 is 55.3. The van der Waals surface area contributed by atoms with Crippen molar-refractivity contribution in [2.75, 3.05) is 7.11 Å². The standard InChI is InChI=1S/C12H13BrO3.C11H12BrClO.C11H11BrO3.C11H13BrO2.C11H12O3.CH4.Br2.2Cl2OS/c1-12(2)6-7-4-8(13)5-9(10(7)16-12)11(14)15-3;1-11(2)5-7-3-9(12)4-8(6-13)10(7)14-11;1-11(2)5-6-3-7(12)4-8(10(13)14)9(6)15-11;1-11(2)5-7-3-9(12)4-8(6-13)10(7)14-11;1-11(2)6-7-4-3-5-8(10(12)13)9(7)14-11;;1-2;2*1-4(2)3/h4-5H,6H2,1-3H3;3-4H,5-6H2,1-2H3;3-4H,5H2,1-2H3,(H,13,14);3-4,13H,5-6H2,1-2H3;3-5H,6H2,1-2H3,(H,12,13);1H4;;;. The molecule has 0 aromatic heterocycles. The molecule has 0 amide bonds. The Morgan fingerprint density at radius 3 is 1.13 bits per heavy atom. The molecule has 10 rings (SSSR count). The zero-order valence-corrected chi connectivity index (χ0v) is 61.5. The number of aliphatic hydroxyl groups is 1. The molecule has 0 atom stereocenters. The Kier molecular flexibility index (Phi) is 31.5. The Bertz CT molecular complexity index is 3110. The van der Waals surface area contributed by atoms with E-state index in [1.54, 1.807) is 24.3 Å². The average molecular weight is 1690 g/mol. The number of hydrogen-bond donors (Lipinski definition) is 3. The number of halogens is 11. The SMILES string of the molecule is BrBr.C.CC1(C)Cc2cc(Br)cc(C(=O)O)c2O1.CC1(C)Cc2cc(Br)cc(CCl)c2O1.CC1(C)Cc2cc(Br)cc(CO)c2O1.CC1(C)Cc2cccc(C(=O)O)c2O1.COC(=O)c1cc(Br)cc2c1OC(C)(C)C2.O=S(Cl)Cl.O=S(Cl)Cl. The molecule has 3 N–H and O–H groups in total. The molecule has 27 heteroatoms. The van der Waals surface area contributed by atoms with E-state index in [-0.39, 0.29) is 59.1 Å². The van der Waals surface area contributed by atoms with E-state index >= 15 is 0 Å². The third-order valence-electron chi connectivity index (χ3n) is 11.9. The van der Waals surface area contributed by atoms with Gasteiger partial charge >= 0.3 is 17.9 Å². The van der Waals surface area contributed by atoms with Gasteiger partial charge in [-0.25, -0.2) is 22.8 Å². The predicted octanol–water partition coefficient (Wildman–Crippen LogP) is 18.9. The van der Waals surface area contributed by atoms with Crippen molar-refractivity contribution in [1.82, 2.24) is 0 Å². The van der Waals surface area contributed by atoms with Crippen LogP contribution in [0.4, 0.5) is 0 Å². The van der Waals surface area contributed by atoms with E-state index in [9.17, 15) is 19.5 Å². The fourth-order valence-electron chi connectivity index (χ4n) is 9.26. The average Bonchev–Trinajstić information content (AvgIpc) is 3.83. The summed E-state index contributed by atoms with van der Waals surface area (Å²) in [6.07, 6.45) is 4.15. The van der Waals surface area contributed by atoms with Crippen LogP contribution in [0.15, 0.2) is 84.6 Å². The number of carboxylic acid groups (broad SMARTS) is 2. The first-order valence-corrected chi connectivity index (χ1v) is 37.5. The number of para-hydroxylation sites is 1. The second-order valence-electron chi connectivity index (χ2n) is 21.7. The monoisotopic (exact) mass is 1690 g/mol. The van der Waals surface area contributed by atoms with Crippen molar-refractivity contribution in [3.05, 3.63) is 140 Å². The number of esters is 1. The first-order valence-electron chi connectivity index (χ1n) is 24.5. The maximum atomic E-state index is 11.6. The van der Waals surface area contributed by atoms with E-state index in [1.807, 2.05) is 71.9 Å². The number of carbonyl (C=O) groups is 3. The first-order chi connectivity index (χ1) is 38.3. The van der Waals surface area contributed by atoms with Crippen LogP contribution >= 0.6 is 146 Å². The van der Waals surface area contributed by atoms with Crippen LogP contribution in [0.25, 0.3) is 0 Å². The molecule has 466 valence electrons. The number of carboxylic acids is 2. The van der Waals surface area contributed by atoms with Gasteiger partial charge in [-0.2, -0.15) is 0 Å². The summed E-state index contributed by atoms with van der Waals surface area (Å²) in [5.74, 6) is 1.78. The van der Waals surface area contributed by atoms with E-state index in [1.165, 1.54) is 18.2 Å². The molecule has 5 heterocycles. The zero-order valence-electron chi connectivity index (χ0n) is 46.6. The van der Waals surface area contributed by atoms with Crippen molar-refractivity contribution in [1.29, 1.82) is 0 Å². The van der Waals surface area contributed by atoms with Crippen LogP contribution < -0.4 is 23.7 Å². The molecule has 0 spiro atoms. The van der Waals surface area contributed by atoms with E-state index < -0.39 is 30.4 Å². The van der Waals surface area contributed by atoms with Gasteiger partial charge in [0.05, 0.1) is 19.6 Å². The number of aromatic carboxylic acids is 2. The van der Waals surface area contributed by atoms with E-state index in [2.05, 4.69) is 175 Å². The Morgan fingerprint density at radius 1 is 0.500 bits per heavy atom. The summed E-state index contributed by atoms with van der Waals surface area (Å²) in [5, 5.41) is 27.2. The quantitative estimate of drug-likeness (QED) is 0.0852. The van der Waals surface area contributed by atoms with Crippen molar-refractivity contribution in [3.63, 3.8) is 0 Å². The minimum Gasteiger partial charge on any atom is -0.487 e. The molecule has 0 aliphatic carbocycles. The van der Waals surface area contributed by atoms with Crippen LogP contribution in [0.5, 0.6) is 28.7 Å². The Labute approximate surface area is 568 Å². The van der Waals surface area contributed by atoms with Gasteiger partial charge in [0.25, 0.3) is 0 Å². The number of ether oxygens (including phenoxy) is 6. The zero-order chi connectivity index (χ0) is 63.3. The normalized spacial score (nSPS) is 15.9. The predicted molar refractivity (Wildman–Crippen MR) is 360 cm³/mol. The summed E-state index contributed by atoms with van der Waals surface area (Å²) in [7, 11) is 16.1. The van der Waals surface area contributed by atoms with Crippen LogP contribution in [0.2, 0.25) is 0 Å². The highest BCUT2D eigenvalue weighted by atomic mass is 80.9. The summed E-state index contributed by atoms with van der Waals surface area (Å²) in [6.45, 7) is 20.2. The molecule has 14 nitrogen and oxygen atoms in total. The van der Waals surface area contributed by atoms with E-state index in [0.29, 0.717) is 28.7 Å². The van der Waals surface area contributed by atoms with Crippen LogP contribution in [-0.4, -0.2) is 76.8 Å². The Balaban J connectivity index is 0.000000343. The van der Waals surface area contributed by atoms with Gasteiger partial charge in [0.15, 0.2) is 0 Å². The van der Waals surface area contributed by atoms with Crippen molar-refractivity contribution in [3.8, 4) is 28.7 Å². The van der Waals surface area contributed by atoms with Crippen LogP contribution in [0.3, 0.4) is 0 Å². The molecule has 5 aromatic rings. The molecule has 5 aliphatic rings. The molecule has 0 fully saturated rings. The molecule has 0 saturated heterocycles. The van der Waals surface area contributed by atoms with E-state index in [4.69, 9.17) is 58.7 Å². The number of benzene rings is 5. The topological polar surface area (TPSA) is 201 Å². The lowest BCUT2D eigenvalue weighted by atomic mass is 10.0. The van der Waals surface area contributed by atoms with Gasteiger partial charge in [0, 0.05) is 143 Å². The summed E-state index contributed by atoms with van der Waals surface area (Å²) in [5.41, 5.74) is 7.20. The maximum absolute atomic E-state index is 11.6. The van der Waals surface area contributed by atoms with Crippen molar-refractivity contribution < 1.29 is 66.5 Å². The van der Waals surface area contributed by atoms with Gasteiger partial charge in [-0.05, 0) is 141 Å². The van der Waals surface area contributed by atoms with Gasteiger partial charge in [0.2, 0.25) is 18.5 Å². The van der Waals surface area contributed by atoms with Crippen LogP contribution in [0, 0.1) is 0 Å². The summed E-state index contributed by atoms with van der Waals surface area (Å²) >= 11 is 25.0. The number of alkyl halides is 1. The third kappa shape index (κ3) is 24.1. The van der Waals surface area contributed by atoms with Crippen molar-refractivity contribution in [2.24, 2.45) is 0 Å². The minimum atomic E-state index is -1.67. The van der Waals surface area contributed by atoms with Crippen LogP contribution in [-0.2, 0) is 67.8 Å². The van der Waals surface area contributed by atoms with Gasteiger partial charge in [0.1, 0.15) is 73.4 Å². The fourth-order valence-corrected chi connectivity index (χ4v) is 11.6. The van der Waals surface area contributed by atoms with Crippen molar-refractivity contribution >= 4 is 183 Å². The van der Waals surface area contributed by atoms with Crippen molar-refractivity contribution in [2.45, 2.75) is 149 Å². The Hall–Kier alpha value is -1.90. The highest BCUT2D eigenvalue weighted by molar-refractivity contribution is 9.93. The number of aliphatic hydroxyl groups excluding tert-OH is 1. The molecule has 84 heavy (non-hydrogen) atoms. The number of rotatable bonds is 5. The summed E-state index contributed by atoms with van der Waals surface area (Å²) in [4.78, 5) is 33.5. The maximum Gasteiger partial charge on any atom is 0.341 e. The lowest BCUT2D eigenvalue weighted by Crippen LogP contribution is -2.25. The molecule has 5 aliphatic heterocycles. The van der Waals surface area contributed by atoms with E-state index in [0.717, 1.165) is 89.3 Å². The molecule has 0 radical (unpaired) electrons. The lowest BCUT2D eigenvalue weighted by Gasteiger charge is -2.17. The fraction of sp³-hybridized carbons (Fsp3) is 0.421. The number of methoxy groups -OCH3 is 1. The largest absolute Gasteiger partial charge is 0.487 e.